The zero-order chi connectivity index (χ0) is 16.4. The summed E-state index contributed by atoms with van der Waals surface area (Å²) in [4.78, 5) is 3.14. The fraction of sp³-hybridized carbons (Fsp3) is 0.222. The van der Waals surface area contributed by atoms with Gasteiger partial charge in [0, 0.05) is 21.5 Å². The Kier molecular flexibility index (Phi) is 4.78. The van der Waals surface area contributed by atoms with Crippen molar-refractivity contribution in [3.8, 4) is 11.3 Å². The molecule has 2 nitrogen and oxygen atoms in total. The summed E-state index contributed by atoms with van der Waals surface area (Å²) in [7, 11) is 0. The quantitative estimate of drug-likeness (QED) is 0.591. The topological polar surface area (TPSA) is 41.8 Å². The number of aryl methyl sites for hydroxylation is 1. The highest BCUT2D eigenvalue weighted by Crippen LogP contribution is 2.36. The van der Waals surface area contributed by atoms with Crippen LogP contribution < -0.4 is 5.73 Å². The molecule has 0 atom stereocenters. The summed E-state index contributed by atoms with van der Waals surface area (Å²) in [6.07, 6.45) is 2.47. The maximum absolute atomic E-state index is 14.1. The minimum atomic E-state index is -0.571. The number of aromatic nitrogens is 1. The Bertz CT molecular complexity index is 842. The van der Waals surface area contributed by atoms with Gasteiger partial charge < -0.3 is 10.7 Å². The molecule has 3 rings (SSSR count). The van der Waals surface area contributed by atoms with Gasteiger partial charge in [0.05, 0.1) is 11.2 Å². The van der Waals surface area contributed by atoms with E-state index in [9.17, 15) is 8.78 Å². The first-order chi connectivity index (χ1) is 11.1. The molecular weight excluding hydrogens is 362 g/mol. The van der Waals surface area contributed by atoms with Gasteiger partial charge >= 0.3 is 0 Å². The molecule has 0 aliphatic carbocycles. The summed E-state index contributed by atoms with van der Waals surface area (Å²) < 4.78 is 28.7. The molecule has 1 heterocycles. The monoisotopic (exact) mass is 378 g/mol. The molecule has 1 aromatic heterocycles. The predicted octanol–water partition coefficient (Wildman–Crippen LogP) is 5.16. The van der Waals surface area contributed by atoms with Crippen molar-refractivity contribution in [1.82, 2.24) is 4.98 Å². The summed E-state index contributed by atoms with van der Waals surface area (Å²) >= 11 is 3.53. The fourth-order valence-electron chi connectivity index (χ4n) is 2.87. The zero-order valence-corrected chi connectivity index (χ0v) is 14.1. The lowest BCUT2D eigenvalue weighted by molar-refractivity contribution is 0.591. The van der Waals surface area contributed by atoms with Crippen LogP contribution in [0, 0.1) is 11.6 Å². The van der Waals surface area contributed by atoms with E-state index in [-0.39, 0.29) is 0 Å². The van der Waals surface area contributed by atoms with E-state index in [1.807, 2.05) is 24.3 Å². The van der Waals surface area contributed by atoms with Gasteiger partial charge in [-0.15, -0.1) is 0 Å². The van der Waals surface area contributed by atoms with Crippen LogP contribution in [0.25, 0.3) is 22.2 Å². The van der Waals surface area contributed by atoms with E-state index in [4.69, 9.17) is 5.73 Å². The van der Waals surface area contributed by atoms with Crippen LogP contribution in [0.3, 0.4) is 0 Å². The summed E-state index contributed by atoms with van der Waals surface area (Å²) in [5.74, 6) is -1.13. The van der Waals surface area contributed by atoms with E-state index >= 15 is 0 Å². The van der Waals surface area contributed by atoms with E-state index < -0.39 is 11.6 Å². The highest BCUT2D eigenvalue weighted by Gasteiger charge is 2.18. The van der Waals surface area contributed by atoms with Gasteiger partial charge in [-0.05, 0) is 43.5 Å². The number of benzene rings is 2. The Balaban J connectivity index is 2.21. The average molecular weight is 379 g/mol. The van der Waals surface area contributed by atoms with Gasteiger partial charge in [0.25, 0.3) is 0 Å². The first-order valence-corrected chi connectivity index (χ1v) is 8.35. The van der Waals surface area contributed by atoms with Gasteiger partial charge in [-0.1, -0.05) is 34.1 Å². The third-order valence-corrected chi connectivity index (χ3v) is 4.65. The molecule has 0 saturated heterocycles. The van der Waals surface area contributed by atoms with E-state index in [2.05, 4.69) is 20.9 Å². The second kappa shape index (κ2) is 6.81. The van der Waals surface area contributed by atoms with Gasteiger partial charge in [-0.2, -0.15) is 0 Å². The van der Waals surface area contributed by atoms with Gasteiger partial charge in [0.1, 0.15) is 11.6 Å². The van der Waals surface area contributed by atoms with E-state index in [1.54, 1.807) is 0 Å². The Labute approximate surface area is 141 Å². The second-order valence-corrected chi connectivity index (χ2v) is 6.37. The van der Waals surface area contributed by atoms with Crippen LogP contribution in [0.2, 0.25) is 0 Å². The first-order valence-electron chi connectivity index (χ1n) is 7.56. The fourth-order valence-corrected chi connectivity index (χ4v) is 3.36. The van der Waals surface area contributed by atoms with Crippen molar-refractivity contribution in [2.24, 2.45) is 5.73 Å². The van der Waals surface area contributed by atoms with Crippen molar-refractivity contribution < 1.29 is 8.78 Å². The summed E-state index contributed by atoms with van der Waals surface area (Å²) in [5, 5.41) is 0.602. The number of fused-ring (bicyclic) bond motifs is 1. The van der Waals surface area contributed by atoms with Crippen LogP contribution in [0.5, 0.6) is 0 Å². The third-order valence-electron chi connectivity index (χ3n) is 3.96. The lowest BCUT2D eigenvalue weighted by Gasteiger charge is -2.07. The van der Waals surface area contributed by atoms with Crippen molar-refractivity contribution in [3.63, 3.8) is 0 Å². The molecule has 120 valence electrons. The number of hydrogen-bond acceptors (Lipinski definition) is 1. The number of hydrogen-bond donors (Lipinski definition) is 2. The van der Waals surface area contributed by atoms with Gasteiger partial charge in [0.2, 0.25) is 0 Å². The summed E-state index contributed by atoms with van der Waals surface area (Å²) in [5.41, 5.74) is 8.61. The highest BCUT2D eigenvalue weighted by atomic mass is 79.9. The van der Waals surface area contributed by atoms with Crippen LogP contribution in [0.4, 0.5) is 8.78 Å². The van der Waals surface area contributed by atoms with Crippen molar-refractivity contribution in [2.75, 3.05) is 6.54 Å². The van der Waals surface area contributed by atoms with Crippen molar-refractivity contribution in [3.05, 3.63) is 58.1 Å². The molecule has 0 spiro atoms. The maximum Gasteiger partial charge on any atom is 0.150 e. The van der Waals surface area contributed by atoms with Gasteiger partial charge in [-0.3, -0.25) is 0 Å². The molecule has 3 aromatic rings. The lowest BCUT2D eigenvalue weighted by Crippen LogP contribution is -1.99. The lowest BCUT2D eigenvalue weighted by atomic mass is 10.00. The number of unbranched alkanes of at least 4 members (excludes halogenated alkanes) is 1. The second-order valence-electron chi connectivity index (χ2n) is 5.51. The van der Waals surface area contributed by atoms with Crippen LogP contribution in [0.1, 0.15) is 18.4 Å². The SMILES string of the molecule is NCCCCc1c(-c2ccccc2Br)[nH]c2c(F)cc(F)cc12. The molecule has 0 radical (unpaired) electrons. The molecule has 0 fully saturated rings. The summed E-state index contributed by atoms with van der Waals surface area (Å²) in [6.45, 7) is 0.607. The molecule has 5 heteroatoms. The third kappa shape index (κ3) is 3.16. The number of aromatic amines is 1. The maximum atomic E-state index is 14.1. The first kappa shape index (κ1) is 16.1. The highest BCUT2D eigenvalue weighted by molar-refractivity contribution is 9.10. The largest absolute Gasteiger partial charge is 0.352 e. The molecule has 3 N–H and O–H groups in total. The normalized spacial score (nSPS) is 11.3. The molecule has 2 aromatic carbocycles. The molecule has 0 saturated carbocycles. The zero-order valence-electron chi connectivity index (χ0n) is 12.5. The molecule has 0 bridgehead atoms. The predicted molar refractivity (Wildman–Crippen MR) is 93.3 cm³/mol. The number of rotatable bonds is 5. The van der Waals surface area contributed by atoms with E-state index in [0.29, 0.717) is 17.4 Å². The number of halogens is 3. The van der Waals surface area contributed by atoms with Crippen LogP contribution >= 0.6 is 15.9 Å². The molecule has 23 heavy (non-hydrogen) atoms. The Morgan fingerprint density at radius 1 is 1.09 bits per heavy atom. The number of H-pyrrole nitrogens is 1. The standard InChI is InChI=1S/C18H17BrF2N2/c19-15-7-2-1-6-13(15)17-12(5-3-4-8-22)14-9-11(20)10-16(21)18(14)23-17/h1-2,6-7,9-10,23H,3-5,8,22H2. The smallest absolute Gasteiger partial charge is 0.150 e. The number of nitrogens with one attached hydrogen (secondary N) is 1. The van der Waals surface area contributed by atoms with Crippen molar-refractivity contribution in [1.29, 1.82) is 0 Å². The Hall–Kier alpha value is -1.72. The minimum absolute atomic E-state index is 0.347. The number of nitrogens with two attached hydrogens (primary N) is 1. The Morgan fingerprint density at radius 3 is 2.61 bits per heavy atom. The molecular formula is C18H17BrF2N2. The molecule has 0 aliphatic heterocycles. The Morgan fingerprint density at radius 2 is 1.87 bits per heavy atom. The summed E-state index contributed by atoms with van der Waals surface area (Å²) in [6, 6.07) is 10.0. The van der Waals surface area contributed by atoms with E-state index in [1.165, 1.54) is 6.07 Å². The van der Waals surface area contributed by atoms with Crippen LogP contribution in [0.15, 0.2) is 40.9 Å². The van der Waals surface area contributed by atoms with Gasteiger partial charge in [0.15, 0.2) is 0 Å². The van der Waals surface area contributed by atoms with Crippen LogP contribution in [-0.4, -0.2) is 11.5 Å². The molecule has 0 aliphatic rings. The van der Waals surface area contributed by atoms with Crippen molar-refractivity contribution in [2.45, 2.75) is 19.3 Å². The van der Waals surface area contributed by atoms with Crippen molar-refractivity contribution >= 4 is 26.8 Å². The van der Waals surface area contributed by atoms with Gasteiger partial charge in [-0.25, -0.2) is 8.78 Å². The van der Waals surface area contributed by atoms with Crippen LogP contribution in [-0.2, 0) is 6.42 Å². The molecule has 0 unspecified atom stereocenters. The molecule has 0 amide bonds. The van der Waals surface area contributed by atoms with E-state index in [0.717, 1.165) is 46.6 Å². The average Bonchev–Trinajstić information content (AvgIpc) is 2.87. The minimum Gasteiger partial charge on any atom is -0.352 e.